The molecule has 3 aromatic rings. The maximum atomic E-state index is 11.7. The van der Waals surface area contributed by atoms with E-state index in [0.717, 1.165) is 41.8 Å². The Morgan fingerprint density at radius 1 is 0.939 bits per heavy atom. The molecule has 0 radical (unpaired) electrons. The quantitative estimate of drug-likeness (QED) is 0.307. The molecule has 0 spiro atoms. The lowest BCUT2D eigenvalue weighted by atomic mass is 10.0. The number of benzene rings is 2. The van der Waals surface area contributed by atoms with Gasteiger partial charge in [-0.2, -0.15) is 0 Å². The summed E-state index contributed by atoms with van der Waals surface area (Å²) in [6.45, 7) is 6.82. The van der Waals surface area contributed by atoms with Crippen LogP contribution in [-0.4, -0.2) is 48.3 Å². The van der Waals surface area contributed by atoms with Crippen LogP contribution in [0.4, 0.5) is 5.95 Å². The molecule has 174 valence electrons. The number of anilines is 1. The molecule has 6 nitrogen and oxygen atoms in total. The van der Waals surface area contributed by atoms with Gasteiger partial charge in [0.15, 0.2) is 0 Å². The maximum Gasteiger partial charge on any atom is 0.332 e. The number of carbonyl (C=O) groups excluding carboxylic acids is 1. The van der Waals surface area contributed by atoms with Gasteiger partial charge in [0.2, 0.25) is 5.95 Å². The fraction of sp³-hybridized carbons (Fsp3) is 0.370. The summed E-state index contributed by atoms with van der Waals surface area (Å²) in [5, 5.41) is 0. The average molecular weight is 448 g/mol. The largest absolute Gasteiger partial charge is 0.458 e. The number of nitrogens with zero attached hydrogens (tertiary/aromatic N) is 3. The normalized spacial score (nSPS) is 11.3. The molecule has 0 aliphatic heterocycles. The van der Waals surface area contributed by atoms with Crippen LogP contribution in [0.15, 0.2) is 66.9 Å². The number of hydrogen-bond acceptors (Lipinski definition) is 6. The SMILES string of the molecule is CN(CCCCOCC(=O)OC(C)(C)C)c1ncc(-c2ccccc2)c(-c2ccccc2)n1. The predicted octanol–water partition coefficient (Wildman–Crippen LogP) is 5.39. The molecule has 0 fully saturated rings. The molecule has 0 aliphatic rings. The lowest BCUT2D eigenvalue weighted by molar-refractivity contribution is -0.160. The zero-order chi connectivity index (χ0) is 23.7. The van der Waals surface area contributed by atoms with Gasteiger partial charge in [0.25, 0.3) is 0 Å². The highest BCUT2D eigenvalue weighted by Gasteiger charge is 2.16. The molecule has 1 heterocycles. The molecule has 1 aromatic heterocycles. The van der Waals surface area contributed by atoms with Gasteiger partial charge in [-0.3, -0.25) is 0 Å². The fourth-order valence-electron chi connectivity index (χ4n) is 3.38. The summed E-state index contributed by atoms with van der Waals surface area (Å²) in [7, 11) is 1.99. The van der Waals surface area contributed by atoms with Crippen molar-refractivity contribution in [3.63, 3.8) is 0 Å². The van der Waals surface area contributed by atoms with Gasteiger partial charge >= 0.3 is 5.97 Å². The van der Waals surface area contributed by atoms with Crippen molar-refractivity contribution < 1.29 is 14.3 Å². The van der Waals surface area contributed by atoms with Gasteiger partial charge in [0.05, 0.1) is 5.69 Å². The lowest BCUT2D eigenvalue weighted by Gasteiger charge is -2.20. The average Bonchev–Trinajstić information content (AvgIpc) is 2.81. The van der Waals surface area contributed by atoms with Crippen molar-refractivity contribution in [3.05, 3.63) is 66.9 Å². The monoisotopic (exact) mass is 447 g/mol. The van der Waals surface area contributed by atoms with Crippen molar-refractivity contribution in [3.8, 4) is 22.4 Å². The van der Waals surface area contributed by atoms with Gasteiger partial charge in [-0.25, -0.2) is 14.8 Å². The fourth-order valence-corrected chi connectivity index (χ4v) is 3.38. The highest BCUT2D eigenvalue weighted by Crippen LogP contribution is 2.31. The van der Waals surface area contributed by atoms with Crippen LogP contribution in [0.1, 0.15) is 33.6 Å². The highest BCUT2D eigenvalue weighted by atomic mass is 16.6. The number of ether oxygens (including phenoxy) is 2. The zero-order valence-corrected chi connectivity index (χ0v) is 20.0. The van der Waals surface area contributed by atoms with Crippen molar-refractivity contribution in [2.75, 3.05) is 31.7 Å². The maximum absolute atomic E-state index is 11.7. The Labute approximate surface area is 196 Å². The van der Waals surface area contributed by atoms with Crippen LogP contribution in [0.2, 0.25) is 0 Å². The Bertz CT molecular complexity index is 1020. The van der Waals surface area contributed by atoms with Crippen LogP contribution in [0.5, 0.6) is 0 Å². The Morgan fingerprint density at radius 2 is 1.58 bits per heavy atom. The summed E-state index contributed by atoms with van der Waals surface area (Å²) < 4.78 is 10.7. The summed E-state index contributed by atoms with van der Waals surface area (Å²) in [5.41, 5.74) is 3.59. The lowest BCUT2D eigenvalue weighted by Crippen LogP contribution is -2.26. The van der Waals surface area contributed by atoms with Gasteiger partial charge in [0, 0.05) is 37.5 Å². The number of hydrogen-bond donors (Lipinski definition) is 0. The summed E-state index contributed by atoms with van der Waals surface area (Å²) in [6, 6.07) is 20.4. The van der Waals surface area contributed by atoms with E-state index in [4.69, 9.17) is 14.5 Å². The van der Waals surface area contributed by atoms with E-state index < -0.39 is 5.60 Å². The molecule has 0 aliphatic carbocycles. The first-order valence-corrected chi connectivity index (χ1v) is 11.3. The van der Waals surface area contributed by atoms with Crippen LogP contribution in [0.3, 0.4) is 0 Å². The first kappa shape index (κ1) is 24.4. The molecule has 3 rings (SSSR count). The topological polar surface area (TPSA) is 64.5 Å². The molecular formula is C27H33N3O3. The summed E-state index contributed by atoms with van der Waals surface area (Å²) in [6.07, 6.45) is 3.64. The molecule has 0 saturated heterocycles. The second-order valence-corrected chi connectivity index (χ2v) is 8.93. The molecule has 0 amide bonds. The third kappa shape index (κ3) is 7.68. The van der Waals surface area contributed by atoms with Gasteiger partial charge in [-0.15, -0.1) is 0 Å². The van der Waals surface area contributed by atoms with Crippen molar-refractivity contribution in [1.82, 2.24) is 9.97 Å². The van der Waals surface area contributed by atoms with Crippen LogP contribution < -0.4 is 4.90 Å². The van der Waals surface area contributed by atoms with E-state index >= 15 is 0 Å². The Kier molecular flexibility index (Phi) is 8.55. The number of rotatable bonds is 10. The molecule has 6 heteroatoms. The minimum atomic E-state index is -0.488. The van der Waals surface area contributed by atoms with Crippen molar-refractivity contribution >= 4 is 11.9 Å². The highest BCUT2D eigenvalue weighted by molar-refractivity contribution is 5.80. The molecule has 0 N–H and O–H groups in total. The molecule has 0 bridgehead atoms. The Hall–Kier alpha value is -3.25. The first-order valence-electron chi connectivity index (χ1n) is 11.3. The van der Waals surface area contributed by atoms with Gasteiger partial charge < -0.3 is 14.4 Å². The van der Waals surface area contributed by atoms with Gasteiger partial charge in [-0.1, -0.05) is 60.7 Å². The number of unbranched alkanes of at least 4 members (excludes halogenated alkanes) is 1. The number of aromatic nitrogens is 2. The molecular weight excluding hydrogens is 414 g/mol. The van der Waals surface area contributed by atoms with E-state index in [1.165, 1.54) is 0 Å². The molecule has 0 saturated carbocycles. The summed E-state index contributed by atoms with van der Waals surface area (Å²) in [4.78, 5) is 23.3. The standard InChI is InChI=1S/C27H33N3O3/c1-27(2,3)33-24(31)20-32-18-12-11-17-30(4)26-28-19-23(21-13-7-5-8-14-21)25(29-26)22-15-9-6-10-16-22/h5-10,13-16,19H,11-12,17-18,20H2,1-4H3. The summed E-state index contributed by atoms with van der Waals surface area (Å²) >= 11 is 0. The van der Waals surface area contributed by atoms with Crippen molar-refractivity contribution in [2.24, 2.45) is 0 Å². The third-order valence-corrected chi connectivity index (χ3v) is 4.92. The Morgan fingerprint density at radius 3 is 2.21 bits per heavy atom. The van der Waals surface area contributed by atoms with Crippen LogP contribution >= 0.6 is 0 Å². The van der Waals surface area contributed by atoms with Crippen molar-refractivity contribution in [1.29, 1.82) is 0 Å². The molecule has 33 heavy (non-hydrogen) atoms. The minimum absolute atomic E-state index is 0.0163. The van der Waals surface area contributed by atoms with E-state index in [0.29, 0.717) is 12.6 Å². The van der Waals surface area contributed by atoms with Crippen LogP contribution in [0.25, 0.3) is 22.4 Å². The summed E-state index contributed by atoms with van der Waals surface area (Å²) in [5.74, 6) is 0.350. The minimum Gasteiger partial charge on any atom is -0.458 e. The smallest absolute Gasteiger partial charge is 0.332 e. The Balaban J connectivity index is 1.59. The van der Waals surface area contributed by atoms with Crippen LogP contribution in [-0.2, 0) is 14.3 Å². The second-order valence-electron chi connectivity index (χ2n) is 8.93. The van der Waals surface area contributed by atoms with E-state index in [9.17, 15) is 4.79 Å². The first-order chi connectivity index (χ1) is 15.8. The predicted molar refractivity (Wildman–Crippen MR) is 132 cm³/mol. The van der Waals surface area contributed by atoms with E-state index in [1.807, 2.05) is 70.4 Å². The number of esters is 1. The van der Waals surface area contributed by atoms with E-state index in [1.54, 1.807) is 0 Å². The molecule has 0 unspecified atom stereocenters. The zero-order valence-electron chi connectivity index (χ0n) is 20.0. The van der Waals surface area contributed by atoms with E-state index in [-0.39, 0.29) is 12.6 Å². The molecule has 2 aromatic carbocycles. The number of carbonyl (C=O) groups is 1. The van der Waals surface area contributed by atoms with Gasteiger partial charge in [0.1, 0.15) is 12.2 Å². The van der Waals surface area contributed by atoms with E-state index in [2.05, 4.69) is 34.1 Å². The van der Waals surface area contributed by atoms with Crippen molar-refractivity contribution in [2.45, 2.75) is 39.2 Å². The van der Waals surface area contributed by atoms with Gasteiger partial charge in [-0.05, 0) is 39.2 Å². The second kappa shape index (κ2) is 11.6. The third-order valence-electron chi connectivity index (χ3n) is 4.92. The van der Waals surface area contributed by atoms with Crippen LogP contribution in [0, 0.1) is 0 Å². The molecule has 0 atom stereocenters.